The molecule has 7 heteroatoms. The fourth-order valence-electron chi connectivity index (χ4n) is 2.82. The van der Waals surface area contributed by atoms with Gasteiger partial charge in [-0.05, 0) is 47.3 Å². The number of amides is 1. The standard InChI is InChI=1S/C17H16IN3O3/c1-19-8-9-20(16-5-3-2-4-12(16)11-19)17(22)14-7-6-13(21(23)24)10-15(14)18/h2-7,10H,8-9,11H2,1H3. The number of likely N-dealkylation sites (N-methyl/N-ethyl adjacent to an activating group) is 1. The molecule has 1 amide bonds. The summed E-state index contributed by atoms with van der Waals surface area (Å²) in [6.07, 6.45) is 0. The van der Waals surface area contributed by atoms with Gasteiger partial charge in [0.05, 0.1) is 10.5 Å². The Morgan fingerprint density at radius 3 is 2.67 bits per heavy atom. The van der Waals surface area contributed by atoms with Gasteiger partial charge in [0.1, 0.15) is 0 Å². The Hall–Kier alpha value is -2.00. The molecule has 2 aromatic carbocycles. The lowest BCUT2D eigenvalue weighted by Crippen LogP contribution is -2.35. The zero-order valence-electron chi connectivity index (χ0n) is 13.1. The number of nitro groups is 1. The van der Waals surface area contributed by atoms with E-state index in [1.165, 1.54) is 12.1 Å². The first-order valence-electron chi connectivity index (χ1n) is 7.49. The number of nitro benzene ring substituents is 1. The number of anilines is 1. The highest BCUT2D eigenvalue weighted by Gasteiger charge is 2.25. The van der Waals surface area contributed by atoms with Crippen molar-refractivity contribution in [2.75, 3.05) is 25.0 Å². The molecule has 0 N–H and O–H groups in total. The van der Waals surface area contributed by atoms with Crippen molar-refractivity contribution >= 4 is 39.9 Å². The molecule has 2 aromatic rings. The molecule has 0 saturated heterocycles. The Bertz CT molecular complexity index is 809. The molecule has 0 unspecified atom stereocenters. The predicted molar refractivity (Wildman–Crippen MR) is 100 cm³/mol. The van der Waals surface area contributed by atoms with E-state index in [1.54, 1.807) is 11.0 Å². The predicted octanol–water partition coefficient (Wildman–Crippen LogP) is 3.29. The molecule has 1 aliphatic heterocycles. The number of rotatable bonds is 2. The second-order valence-electron chi connectivity index (χ2n) is 5.74. The van der Waals surface area contributed by atoms with Crippen molar-refractivity contribution in [2.24, 2.45) is 0 Å². The number of nitrogens with zero attached hydrogens (tertiary/aromatic N) is 3. The highest BCUT2D eigenvalue weighted by Crippen LogP contribution is 2.28. The van der Waals surface area contributed by atoms with Crippen LogP contribution in [0.2, 0.25) is 0 Å². The van der Waals surface area contributed by atoms with Crippen LogP contribution in [0, 0.1) is 13.7 Å². The largest absolute Gasteiger partial charge is 0.307 e. The Kier molecular flexibility index (Phi) is 4.81. The maximum absolute atomic E-state index is 13.1. The number of carbonyl (C=O) groups excluding carboxylic acids is 1. The molecular weight excluding hydrogens is 421 g/mol. The van der Waals surface area contributed by atoms with Crippen molar-refractivity contribution in [3.05, 3.63) is 67.3 Å². The molecule has 24 heavy (non-hydrogen) atoms. The second kappa shape index (κ2) is 6.86. The molecule has 1 heterocycles. The van der Waals surface area contributed by atoms with Gasteiger partial charge in [-0.1, -0.05) is 18.2 Å². The summed E-state index contributed by atoms with van der Waals surface area (Å²) in [6.45, 7) is 2.14. The Labute approximate surface area is 153 Å². The maximum atomic E-state index is 13.1. The molecule has 6 nitrogen and oxygen atoms in total. The lowest BCUT2D eigenvalue weighted by molar-refractivity contribution is -0.384. The lowest BCUT2D eigenvalue weighted by Gasteiger charge is -2.23. The van der Waals surface area contributed by atoms with Crippen LogP contribution < -0.4 is 4.90 Å². The summed E-state index contributed by atoms with van der Waals surface area (Å²) < 4.78 is 0.585. The van der Waals surface area contributed by atoms with Crippen LogP contribution in [-0.4, -0.2) is 35.9 Å². The van der Waals surface area contributed by atoms with Crippen LogP contribution in [0.5, 0.6) is 0 Å². The summed E-state index contributed by atoms with van der Waals surface area (Å²) in [6, 6.07) is 12.2. The quantitative estimate of drug-likeness (QED) is 0.411. The van der Waals surface area contributed by atoms with Gasteiger partial charge in [0.15, 0.2) is 0 Å². The number of benzene rings is 2. The molecule has 1 aliphatic rings. The first-order chi connectivity index (χ1) is 11.5. The molecule has 0 spiro atoms. The van der Waals surface area contributed by atoms with Crippen molar-refractivity contribution < 1.29 is 9.72 Å². The third-order valence-electron chi connectivity index (χ3n) is 4.07. The maximum Gasteiger partial charge on any atom is 0.270 e. The van der Waals surface area contributed by atoms with Gasteiger partial charge in [0.25, 0.3) is 11.6 Å². The van der Waals surface area contributed by atoms with Crippen LogP contribution in [0.15, 0.2) is 42.5 Å². The van der Waals surface area contributed by atoms with E-state index < -0.39 is 4.92 Å². The normalized spacial score (nSPS) is 14.8. The van der Waals surface area contributed by atoms with Gasteiger partial charge >= 0.3 is 0 Å². The first-order valence-corrected chi connectivity index (χ1v) is 8.57. The topological polar surface area (TPSA) is 66.7 Å². The number of para-hydroxylation sites is 1. The monoisotopic (exact) mass is 437 g/mol. The summed E-state index contributed by atoms with van der Waals surface area (Å²) in [7, 11) is 2.03. The summed E-state index contributed by atoms with van der Waals surface area (Å²) in [5, 5.41) is 10.9. The van der Waals surface area contributed by atoms with Crippen LogP contribution in [0.1, 0.15) is 15.9 Å². The number of fused-ring (bicyclic) bond motifs is 1. The van der Waals surface area contributed by atoms with Gasteiger partial charge < -0.3 is 9.80 Å². The van der Waals surface area contributed by atoms with Crippen molar-refractivity contribution in [3.63, 3.8) is 0 Å². The van der Waals surface area contributed by atoms with Crippen LogP contribution in [-0.2, 0) is 6.54 Å². The van der Waals surface area contributed by atoms with E-state index in [-0.39, 0.29) is 11.6 Å². The van der Waals surface area contributed by atoms with Crippen LogP contribution in [0.25, 0.3) is 0 Å². The van der Waals surface area contributed by atoms with E-state index in [2.05, 4.69) is 4.90 Å². The van der Waals surface area contributed by atoms with E-state index in [1.807, 2.05) is 53.9 Å². The average Bonchev–Trinajstić information content (AvgIpc) is 2.72. The summed E-state index contributed by atoms with van der Waals surface area (Å²) >= 11 is 1.98. The van der Waals surface area contributed by atoms with Gasteiger partial charge in [0.2, 0.25) is 0 Å². The smallest absolute Gasteiger partial charge is 0.270 e. The van der Waals surface area contributed by atoms with E-state index >= 15 is 0 Å². The third kappa shape index (κ3) is 3.27. The van der Waals surface area contributed by atoms with Crippen molar-refractivity contribution in [1.82, 2.24) is 4.90 Å². The Morgan fingerprint density at radius 1 is 1.21 bits per heavy atom. The molecule has 0 aromatic heterocycles. The van der Waals surface area contributed by atoms with Crippen LogP contribution >= 0.6 is 22.6 Å². The zero-order valence-corrected chi connectivity index (χ0v) is 15.3. The minimum atomic E-state index is -0.452. The van der Waals surface area contributed by atoms with Gasteiger partial charge in [-0.3, -0.25) is 14.9 Å². The van der Waals surface area contributed by atoms with Gasteiger partial charge in [0, 0.05) is 41.0 Å². The molecular formula is C17H16IN3O3. The molecule has 0 saturated carbocycles. The van der Waals surface area contributed by atoms with E-state index in [0.717, 1.165) is 24.3 Å². The molecule has 124 valence electrons. The highest BCUT2D eigenvalue weighted by molar-refractivity contribution is 14.1. The first kappa shape index (κ1) is 16.8. The fourth-order valence-corrected chi connectivity index (χ4v) is 3.55. The molecule has 0 fully saturated rings. The average molecular weight is 437 g/mol. The molecule has 0 bridgehead atoms. The van der Waals surface area contributed by atoms with E-state index in [4.69, 9.17) is 0 Å². The number of carbonyl (C=O) groups is 1. The number of hydrogen-bond acceptors (Lipinski definition) is 4. The second-order valence-corrected chi connectivity index (χ2v) is 6.91. The number of non-ortho nitro benzene ring substituents is 1. The molecule has 0 atom stereocenters. The summed E-state index contributed by atoms with van der Waals surface area (Å²) in [5.74, 6) is -0.128. The van der Waals surface area contributed by atoms with E-state index in [0.29, 0.717) is 15.7 Å². The van der Waals surface area contributed by atoms with Gasteiger partial charge in [-0.15, -0.1) is 0 Å². The fraction of sp³-hybridized carbons (Fsp3) is 0.235. The summed E-state index contributed by atoms with van der Waals surface area (Å²) in [5.41, 5.74) is 2.48. The Balaban J connectivity index is 1.99. The lowest BCUT2D eigenvalue weighted by atomic mass is 10.1. The van der Waals surface area contributed by atoms with Crippen LogP contribution in [0.4, 0.5) is 11.4 Å². The SMILES string of the molecule is CN1CCN(C(=O)c2ccc([N+](=O)[O-])cc2I)c2ccccc2C1. The minimum absolute atomic E-state index is 0.00745. The molecule has 0 aliphatic carbocycles. The van der Waals surface area contributed by atoms with Gasteiger partial charge in [-0.2, -0.15) is 0 Å². The third-order valence-corrected chi connectivity index (χ3v) is 4.96. The number of hydrogen-bond donors (Lipinski definition) is 0. The molecule has 3 rings (SSSR count). The zero-order chi connectivity index (χ0) is 17.3. The highest BCUT2D eigenvalue weighted by atomic mass is 127. The Morgan fingerprint density at radius 2 is 1.96 bits per heavy atom. The van der Waals surface area contributed by atoms with Crippen molar-refractivity contribution in [1.29, 1.82) is 0 Å². The molecule has 0 radical (unpaired) electrons. The summed E-state index contributed by atoms with van der Waals surface area (Å²) in [4.78, 5) is 27.4. The minimum Gasteiger partial charge on any atom is -0.307 e. The van der Waals surface area contributed by atoms with Crippen LogP contribution in [0.3, 0.4) is 0 Å². The van der Waals surface area contributed by atoms with Gasteiger partial charge in [-0.25, -0.2) is 0 Å². The van der Waals surface area contributed by atoms with E-state index in [9.17, 15) is 14.9 Å². The van der Waals surface area contributed by atoms with Crippen molar-refractivity contribution in [2.45, 2.75) is 6.54 Å². The number of halogens is 1. The van der Waals surface area contributed by atoms with Crippen molar-refractivity contribution in [3.8, 4) is 0 Å².